The minimum atomic E-state index is -4.45. The summed E-state index contributed by atoms with van der Waals surface area (Å²) in [6.45, 7) is 1.71. The summed E-state index contributed by atoms with van der Waals surface area (Å²) >= 11 is 0. The highest BCUT2D eigenvalue weighted by Crippen LogP contribution is 2.13. The van der Waals surface area contributed by atoms with Gasteiger partial charge in [0.1, 0.15) is 13.2 Å². The number of unbranched alkanes of at least 4 members (excludes halogenated alkanes) is 12. The van der Waals surface area contributed by atoms with Crippen LogP contribution in [0.5, 0.6) is 0 Å². The Balaban J connectivity index is 3.21. The summed E-state index contributed by atoms with van der Waals surface area (Å²) in [5.41, 5.74) is 0. The Kier molecular flexibility index (Phi) is 16.3. The molecule has 0 spiro atoms. The zero-order chi connectivity index (χ0) is 18.8. The van der Waals surface area contributed by atoms with E-state index in [1.165, 1.54) is 64.2 Å². The van der Waals surface area contributed by atoms with Gasteiger partial charge in [0.15, 0.2) is 0 Å². The summed E-state index contributed by atoms with van der Waals surface area (Å²) in [7, 11) is -4.45. The first-order chi connectivity index (χ1) is 12.0. The van der Waals surface area contributed by atoms with Crippen molar-refractivity contribution in [3.05, 3.63) is 0 Å². The van der Waals surface area contributed by atoms with Crippen molar-refractivity contribution in [3.8, 4) is 0 Å². The minimum absolute atomic E-state index is 0.170. The van der Waals surface area contributed by atoms with Crippen LogP contribution in [0.3, 0.4) is 0 Å². The first kappa shape index (κ1) is 24.3. The fourth-order valence-corrected chi connectivity index (χ4v) is 2.93. The van der Waals surface area contributed by atoms with Crippen LogP contribution in [0.2, 0.25) is 0 Å². The van der Waals surface area contributed by atoms with Gasteiger partial charge in [-0.25, -0.2) is 4.18 Å². The average molecular weight is 381 g/mol. The fraction of sp³-hybridized carbons (Fsp3) is 0.944. The third-order valence-corrected chi connectivity index (χ3v) is 4.53. The maximum Gasteiger partial charge on any atom is 0.397 e. The standard InChI is InChI=1S/C18H36O6S/c1-2-3-4-5-6-7-8-9-10-11-12-13-14-15-18(19)23-16-17-24-25(20,21)22/h2-17H2,1H3,(H,20,21,22). The van der Waals surface area contributed by atoms with E-state index in [1.807, 2.05) is 0 Å². The quantitative estimate of drug-likeness (QED) is 0.208. The molecule has 0 radical (unpaired) electrons. The number of ether oxygens (including phenoxy) is 1. The Hall–Kier alpha value is -0.660. The van der Waals surface area contributed by atoms with Crippen LogP contribution < -0.4 is 0 Å². The van der Waals surface area contributed by atoms with E-state index in [0.717, 1.165) is 19.3 Å². The predicted molar refractivity (Wildman–Crippen MR) is 98.8 cm³/mol. The molecule has 0 aromatic carbocycles. The van der Waals surface area contributed by atoms with Gasteiger partial charge in [-0.05, 0) is 6.42 Å². The van der Waals surface area contributed by atoms with Crippen LogP contribution in [-0.4, -0.2) is 32.2 Å². The molecule has 0 heterocycles. The van der Waals surface area contributed by atoms with Crippen molar-refractivity contribution < 1.29 is 26.7 Å². The molecule has 0 aliphatic heterocycles. The molecule has 0 amide bonds. The van der Waals surface area contributed by atoms with Crippen molar-refractivity contribution in [1.29, 1.82) is 0 Å². The second-order valence-electron chi connectivity index (χ2n) is 6.46. The Labute approximate surface area is 153 Å². The van der Waals surface area contributed by atoms with Gasteiger partial charge < -0.3 is 4.74 Å². The maximum absolute atomic E-state index is 11.4. The van der Waals surface area contributed by atoms with Gasteiger partial charge in [-0.1, -0.05) is 84.0 Å². The molecule has 6 nitrogen and oxygen atoms in total. The molecule has 0 unspecified atom stereocenters. The van der Waals surface area contributed by atoms with Crippen LogP contribution in [0.25, 0.3) is 0 Å². The van der Waals surface area contributed by atoms with Gasteiger partial charge in [0.25, 0.3) is 0 Å². The van der Waals surface area contributed by atoms with Gasteiger partial charge in [-0.3, -0.25) is 9.35 Å². The first-order valence-electron chi connectivity index (χ1n) is 9.73. The van der Waals surface area contributed by atoms with Crippen molar-refractivity contribution in [2.45, 2.75) is 96.8 Å². The second kappa shape index (κ2) is 16.8. The molecule has 0 bridgehead atoms. The monoisotopic (exact) mass is 380 g/mol. The van der Waals surface area contributed by atoms with E-state index in [4.69, 9.17) is 9.29 Å². The fourth-order valence-electron chi connectivity index (χ4n) is 2.65. The number of hydrogen-bond acceptors (Lipinski definition) is 5. The molecular formula is C18H36O6S. The molecule has 0 aliphatic rings. The molecule has 0 aliphatic carbocycles. The summed E-state index contributed by atoms with van der Waals surface area (Å²) < 4.78 is 37.7. The van der Waals surface area contributed by atoms with Gasteiger partial charge >= 0.3 is 16.4 Å². The van der Waals surface area contributed by atoms with Gasteiger partial charge in [0.05, 0.1) is 0 Å². The van der Waals surface area contributed by atoms with E-state index < -0.39 is 10.4 Å². The van der Waals surface area contributed by atoms with E-state index in [1.54, 1.807) is 0 Å². The van der Waals surface area contributed by atoms with Crippen molar-refractivity contribution in [2.75, 3.05) is 13.2 Å². The van der Waals surface area contributed by atoms with Crippen molar-refractivity contribution in [1.82, 2.24) is 0 Å². The van der Waals surface area contributed by atoms with Crippen LogP contribution in [0, 0.1) is 0 Å². The topological polar surface area (TPSA) is 89.9 Å². The Bertz CT molecular complexity index is 408. The molecule has 0 fully saturated rings. The molecule has 1 N–H and O–H groups in total. The van der Waals surface area contributed by atoms with E-state index in [9.17, 15) is 13.2 Å². The van der Waals surface area contributed by atoms with E-state index >= 15 is 0 Å². The summed E-state index contributed by atoms with van der Waals surface area (Å²) in [6, 6.07) is 0. The highest BCUT2D eigenvalue weighted by Gasteiger charge is 2.06. The largest absolute Gasteiger partial charge is 0.463 e. The lowest BCUT2D eigenvalue weighted by atomic mass is 10.0. The zero-order valence-corrected chi connectivity index (χ0v) is 16.5. The molecule has 0 rings (SSSR count). The lowest BCUT2D eigenvalue weighted by molar-refractivity contribution is -0.144. The highest BCUT2D eigenvalue weighted by atomic mass is 32.3. The van der Waals surface area contributed by atoms with E-state index in [2.05, 4.69) is 11.1 Å². The number of hydrogen-bond donors (Lipinski definition) is 1. The third-order valence-electron chi connectivity index (χ3n) is 4.06. The van der Waals surface area contributed by atoms with Crippen LogP contribution in [0.15, 0.2) is 0 Å². The SMILES string of the molecule is CCCCCCCCCCCCCCCC(=O)OCCOS(=O)(=O)O. The zero-order valence-electron chi connectivity index (χ0n) is 15.7. The van der Waals surface area contributed by atoms with Crippen LogP contribution in [0.4, 0.5) is 0 Å². The maximum atomic E-state index is 11.4. The summed E-state index contributed by atoms with van der Waals surface area (Å²) in [5.74, 6) is -0.359. The van der Waals surface area contributed by atoms with E-state index in [0.29, 0.717) is 6.42 Å². The third kappa shape index (κ3) is 21.3. The molecule has 0 saturated heterocycles. The van der Waals surface area contributed by atoms with Gasteiger partial charge in [0.2, 0.25) is 0 Å². The molecule has 0 aromatic heterocycles. The van der Waals surface area contributed by atoms with Gasteiger partial charge in [-0.15, -0.1) is 0 Å². The Morgan fingerprint density at radius 1 is 0.760 bits per heavy atom. The van der Waals surface area contributed by atoms with Crippen molar-refractivity contribution >= 4 is 16.4 Å². The molecule has 150 valence electrons. The molecule has 0 atom stereocenters. The van der Waals surface area contributed by atoms with Crippen molar-refractivity contribution in [2.24, 2.45) is 0 Å². The molecule has 7 heteroatoms. The predicted octanol–water partition coefficient (Wildman–Crippen LogP) is 4.83. The molecule has 25 heavy (non-hydrogen) atoms. The number of esters is 1. The number of rotatable bonds is 18. The summed E-state index contributed by atoms with van der Waals surface area (Å²) in [6.07, 6.45) is 16.6. The normalized spacial score (nSPS) is 11.6. The molecule has 0 aromatic rings. The van der Waals surface area contributed by atoms with Crippen LogP contribution in [0.1, 0.15) is 96.8 Å². The van der Waals surface area contributed by atoms with E-state index in [-0.39, 0.29) is 19.2 Å². The summed E-state index contributed by atoms with van der Waals surface area (Å²) in [5, 5.41) is 0. The first-order valence-corrected chi connectivity index (χ1v) is 11.1. The smallest absolute Gasteiger partial charge is 0.397 e. The van der Waals surface area contributed by atoms with Crippen LogP contribution in [-0.2, 0) is 24.1 Å². The second-order valence-corrected chi connectivity index (χ2v) is 7.55. The average Bonchev–Trinajstić information content (AvgIpc) is 2.55. The minimum Gasteiger partial charge on any atom is -0.463 e. The molecule has 0 saturated carbocycles. The van der Waals surface area contributed by atoms with Gasteiger partial charge in [0, 0.05) is 6.42 Å². The lowest BCUT2D eigenvalue weighted by Gasteiger charge is -2.05. The molecular weight excluding hydrogens is 344 g/mol. The highest BCUT2D eigenvalue weighted by molar-refractivity contribution is 7.80. The lowest BCUT2D eigenvalue weighted by Crippen LogP contribution is -2.13. The van der Waals surface area contributed by atoms with Crippen LogP contribution >= 0.6 is 0 Å². The van der Waals surface area contributed by atoms with Crippen molar-refractivity contribution in [3.63, 3.8) is 0 Å². The van der Waals surface area contributed by atoms with Gasteiger partial charge in [-0.2, -0.15) is 8.42 Å². The Morgan fingerprint density at radius 2 is 1.20 bits per heavy atom. The number of carbonyl (C=O) groups is 1. The Morgan fingerprint density at radius 3 is 1.64 bits per heavy atom. The number of carbonyl (C=O) groups excluding carboxylic acids is 1. The summed E-state index contributed by atoms with van der Waals surface area (Å²) in [4.78, 5) is 11.4.